The summed E-state index contributed by atoms with van der Waals surface area (Å²) in [6.07, 6.45) is 0.881. The first-order chi connectivity index (χ1) is 7.09. The average molecular weight is 354 g/mol. The van der Waals surface area contributed by atoms with Gasteiger partial charge >= 0.3 is 0 Å². The van der Waals surface area contributed by atoms with Gasteiger partial charge in [0.1, 0.15) is 0 Å². The van der Waals surface area contributed by atoms with Crippen LogP contribution >= 0.6 is 35.6 Å². The molecule has 16 heavy (non-hydrogen) atoms. The Morgan fingerprint density at radius 2 is 1.88 bits per heavy atom. The highest BCUT2D eigenvalue weighted by Gasteiger charge is 1.95. The molecule has 0 aliphatic carbocycles. The van der Waals surface area contributed by atoms with Crippen molar-refractivity contribution in [1.82, 2.24) is 4.90 Å². The molecule has 1 rings (SSSR count). The molecule has 3 nitrogen and oxygen atoms in total. The van der Waals surface area contributed by atoms with Crippen molar-refractivity contribution in [3.05, 3.63) is 34.9 Å². The molecular formula is C11H17ClIN3. The van der Waals surface area contributed by atoms with Crippen LogP contribution in [-0.4, -0.2) is 31.5 Å². The van der Waals surface area contributed by atoms with Crippen molar-refractivity contribution < 1.29 is 0 Å². The summed E-state index contributed by atoms with van der Waals surface area (Å²) in [6, 6.07) is 7.78. The zero-order valence-corrected chi connectivity index (χ0v) is 12.6. The zero-order chi connectivity index (χ0) is 11.3. The molecule has 0 saturated carbocycles. The Balaban J connectivity index is 0.00000225. The predicted molar refractivity (Wildman–Crippen MR) is 80.7 cm³/mol. The summed E-state index contributed by atoms with van der Waals surface area (Å²) in [5.74, 6) is 0.559. The highest BCUT2D eigenvalue weighted by molar-refractivity contribution is 14.0. The molecule has 1 aromatic rings. The van der Waals surface area contributed by atoms with Gasteiger partial charge in [0.25, 0.3) is 0 Å². The van der Waals surface area contributed by atoms with Crippen LogP contribution in [0.3, 0.4) is 0 Å². The van der Waals surface area contributed by atoms with Crippen molar-refractivity contribution in [2.75, 3.05) is 20.6 Å². The van der Waals surface area contributed by atoms with E-state index in [1.165, 1.54) is 5.56 Å². The third kappa shape index (κ3) is 5.55. The zero-order valence-electron chi connectivity index (χ0n) is 9.48. The molecule has 2 N–H and O–H groups in total. The summed E-state index contributed by atoms with van der Waals surface area (Å²) in [5, 5.41) is 0.759. The second-order valence-corrected chi connectivity index (χ2v) is 3.95. The maximum atomic E-state index is 5.78. The van der Waals surface area contributed by atoms with Crippen molar-refractivity contribution in [3.8, 4) is 0 Å². The van der Waals surface area contributed by atoms with Gasteiger partial charge in [-0.25, -0.2) is 0 Å². The quantitative estimate of drug-likeness (QED) is 0.515. The van der Waals surface area contributed by atoms with Crippen LogP contribution < -0.4 is 5.73 Å². The predicted octanol–water partition coefficient (Wildman–Crippen LogP) is 2.38. The van der Waals surface area contributed by atoms with E-state index in [9.17, 15) is 0 Å². The van der Waals surface area contributed by atoms with Gasteiger partial charge in [0.05, 0.1) is 0 Å². The molecule has 0 atom stereocenters. The lowest BCUT2D eigenvalue weighted by atomic mass is 10.1. The molecule has 0 saturated heterocycles. The molecule has 0 unspecified atom stereocenters. The van der Waals surface area contributed by atoms with E-state index < -0.39 is 0 Å². The Labute approximate surface area is 119 Å². The first kappa shape index (κ1) is 15.5. The minimum absolute atomic E-state index is 0. The number of aliphatic imine (C=N–C) groups is 1. The van der Waals surface area contributed by atoms with Gasteiger partial charge in [-0.3, -0.25) is 4.99 Å². The number of guanidine groups is 1. The lowest BCUT2D eigenvalue weighted by Gasteiger charge is -2.10. The summed E-state index contributed by atoms with van der Waals surface area (Å²) < 4.78 is 0. The van der Waals surface area contributed by atoms with E-state index in [1.54, 1.807) is 4.90 Å². The Bertz CT molecular complexity index is 336. The molecule has 90 valence electrons. The maximum Gasteiger partial charge on any atom is 0.190 e. The number of hydrogen-bond acceptors (Lipinski definition) is 1. The fourth-order valence-electron chi connectivity index (χ4n) is 1.09. The van der Waals surface area contributed by atoms with Crippen LogP contribution in [0.15, 0.2) is 29.3 Å². The van der Waals surface area contributed by atoms with E-state index in [2.05, 4.69) is 4.99 Å². The normalized spacial score (nSPS) is 10.8. The van der Waals surface area contributed by atoms with Gasteiger partial charge < -0.3 is 10.6 Å². The summed E-state index contributed by atoms with van der Waals surface area (Å²) >= 11 is 5.78. The molecule has 1 aromatic carbocycles. The second-order valence-electron chi connectivity index (χ2n) is 3.51. The first-order valence-electron chi connectivity index (χ1n) is 4.81. The van der Waals surface area contributed by atoms with E-state index in [1.807, 2.05) is 38.4 Å². The number of benzene rings is 1. The standard InChI is InChI=1S/C11H16ClN3.HI/c1-15(2)11(13)14-8-7-9-3-5-10(12)6-4-9;/h3-6H,7-8H2,1-2H3,(H2,13,14);1H. The van der Waals surface area contributed by atoms with Crippen LogP contribution in [0.1, 0.15) is 5.56 Å². The maximum absolute atomic E-state index is 5.78. The SMILES string of the molecule is CN(C)C(N)=NCCc1ccc(Cl)cc1.I. The fourth-order valence-corrected chi connectivity index (χ4v) is 1.22. The number of hydrogen-bond donors (Lipinski definition) is 1. The molecule has 5 heteroatoms. The van der Waals surface area contributed by atoms with Gasteiger partial charge in [-0.1, -0.05) is 23.7 Å². The first-order valence-corrected chi connectivity index (χ1v) is 5.19. The molecule has 0 fully saturated rings. The van der Waals surface area contributed by atoms with Gasteiger partial charge in [0.15, 0.2) is 5.96 Å². The fraction of sp³-hybridized carbons (Fsp3) is 0.364. The van der Waals surface area contributed by atoms with Gasteiger partial charge in [-0.2, -0.15) is 0 Å². The molecule has 0 aromatic heterocycles. The lowest BCUT2D eigenvalue weighted by molar-refractivity contribution is 0.609. The monoisotopic (exact) mass is 353 g/mol. The third-order valence-electron chi connectivity index (χ3n) is 2.05. The lowest BCUT2D eigenvalue weighted by Crippen LogP contribution is -2.30. The van der Waals surface area contributed by atoms with Crippen molar-refractivity contribution >= 4 is 41.5 Å². The van der Waals surface area contributed by atoms with E-state index in [0.717, 1.165) is 11.4 Å². The Kier molecular flexibility index (Phi) is 7.49. The second kappa shape index (κ2) is 7.73. The van der Waals surface area contributed by atoms with Crippen LogP contribution in [0.4, 0.5) is 0 Å². The Morgan fingerprint density at radius 1 is 1.31 bits per heavy atom. The molecule has 0 amide bonds. The molecule has 0 aliphatic heterocycles. The largest absolute Gasteiger partial charge is 0.370 e. The van der Waals surface area contributed by atoms with Gasteiger partial charge in [0, 0.05) is 25.7 Å². The Morgan fingerprint density at radius 3 is 2.38 bits per heavy atom. The number of nitrogens with zero attached hydrogens (tertiary/aromatic N) is 2. The van der Waals surface area contributed by atoms with Crippen LogP contribution in [-0.2, 0) is 6.42 Å². The molecule has 0 spiro atoms. The minimum atomic E-state index is 0. The van der Waals surface area contributed by atoms with E-state index >= 15 is 0 Å². The number of halogens is 2. The molecule has 0 heterocycles. The highest BCUT2D eigenvalue weighted by Crippen LogP contribution is 2.09. The average Bonchev–Trinajstić information content (AvgIpc) is 2.20. The number of rotatable bonds is 3. The third-order valence-corrected chi connectivity index (χ3v) is 2.30. The summed E-state index contributed by atoms with van der Waals surface area (Å²) in [4.78, 5) is 6.02. The molecule has 0 bridgehead atoms. The van der Waals surface area contributed by atoms with Crippen LogP contribution in [0.5, 0.6) is 0 Å². The Hall–Kier alpha value is -0.490. The topological polar surface area (TPSA) is 41.6 Å². The number of nitrogens with two attached hydrogens (primary N) is 1. The summed E-state index contributed by atoms with van der Waals surface area (Å²) in [5.41, 5.74) is 6.88. The summed E-state index contributed by atoms with van der Waals surface area (Å²) in [6.45, 7) is 0.700. The molecular weight excluding hydrogens is 336 g/mol. The van der Waals surface area contributed by atoms with E-state index in [-0.39, 0.29) is 24.0 Å². The molecule has 0 aliphatic rings. The van der Waals surface area contributed by atoms with Crippen molar-refractivity contribution in [2.45, 2.75) is 6.42 Å². The van der Waals surface area contributed by atoms with Gasteiger partial charge in [-0.15, -0.1) is 24.0 Å². The van der Waals surface area contributed by atoms with Crippen LogP contribution in [0.2, 0.25) is 5.02 Å². The van der Waals surface area contributed by atoms with Crippen molar-refractivity contribution in [2.24, 2.45) is 10.7 Å². The van der Waals surface area contributed by atoms with Gasteiger partial charge in [-0.05, 0) is 24.1 Å². The van der Waals surface area contributed by atoms with Crippen LogP contribution in [0, 0.1) is 0 Å². The van der Waals surface area contributed by atoms with Crippen LogP contribution in [0.25, 0.3) is 0 Å². The smallest absolute Gasteiger partial charge is 0.190 e. The van der Waals surface area contributed by atoms with Crippen molar-refractivity contribution in [3.63, 3.8) is 0 Å². The van der Waals surface area contributed by atoms with Crippen molar-refractivity contribution in [1.29, 1.82) is 0 Å². The molecule has 0 radical (unpaired) electrons. The summed E-state index contributed by atoms with van der Waals surface area (Å²) in [7, 11) is 3.75. The minimum Gasteiger partial charge on any atom is -0.370 e. The van der Waals surface area contributed by atoms with Gasteiger partial charge in [0.2, 0.25) is 0 Å². The van der Waals surface area contributed by atoms with E-state index in [4.69, 9.17) is 17.3 Å². The van der Waals surface area contributed by atoms with E-state index in [0.29, 0.717) is 12.5 Å². The highest BCUT2D eigenvalue weighted by atomic mass is 127.